The molecule has 0 radical (unpaired) electrons. The molecule has 0 aliphatic heterocycles. The van der Waals surface area contributed by atoms with Crippen LogP contribution in [0.5, 0.6) is 0 Å². The summed E-state index contributed by atoms with van der Waals surface area (Å²) in [6, 6.07) is 14.4. The van der Waals surface area contributed by atoms with Crippen LogP contribution >= 0.6 is 23.4 Å². The summed E-state index contributed by atoms with van der Waals surface area (Å²) in [5.74, 6) is -0.775. The predicted octanol–water partition coefficient (Wildman–Crippen LogP) is 4.53. The van der Waals surface area contributed by atoms with Gasteiger partial charge < -0.3 is 0 Å². The Labute approximate surface area is 195 Å². The van der Waals surface area contributed by atoms with Gasteiger partial charge in [0.05, 0.1) is 23.1 Å². The van der Waals surface area contributed by atoms with Crippen molar-refractivity contribution in [3.63, 3.8) is 0 Å². The van der Waals surface area contributed by atoms with Crippen LogP contribution in [0.3, 0.4) is 0 Å². The van der Waals surface area contributed by atoms with Gasteiger partial charge in [0.15, 0.2) is 5.16 Å². The van der Waals surface area contributed by atoms with E-state index in [1.165, 1.54) is 11.8 Å². The highest BCUT2D eigenvalue weighted by molar-refractivity contribution is 7.99. The number of imide groups is 1. The number of benzene rings is 2. The number of hydrogen-bond donors (Lipinski definition) is 1. The van der Waals surface area contributed by atoms with Crippen molar-refractivity contribution in [3.05, 3.63) is 69.5 Å². The van der Waals surface area contributed by atoms with Gasteiger partial charge in [0.2, 0.25) is 11.8 Å². The van der Waals surface area contributed by atoms with Gasteiger partial charge in [-0.25, -0.2) is 4.98 Å². The van der Waals surface area contributed by atoms with E-state index in [0.29, 0.717) is 21.1 Å². The van der Waals surface area contributed by atoms with E-state index in [9.17, 15) is 14.4 Å². The average Bonchev–Trinajstić information content (AvgIpc) is 2.78. The monoisotopic (exact) mass is 469 g/mol. The zero-order valence-corrected chi connectivity index (χ0v) is 19.1. The number of aromatic nitrogens is 2. The minimum absolute atomic E-state index is 0.00817. The number of nitrogens with one attached hydrogen (secondary N) is 1. The lowest BCUT2D eigenvalue weighted by Gasteiger charge is -2.26. The Kier molecular flexibility index (Phi) is 7.27. The molecule has 1 saturated carbocycles. The molecule has 2 amide bonds. The van der Waals surface area contributed by atoms with E-state index in [1.54, 1.807) is 22.8 Å². The number of carbonyl (C=O) groups is 2. The Morgan fingerprint density at radius 3 is 2.56 bits per heavy atom. The molecule has 32 heavy (non-hydrogen) atoms. The lowest BCUT2D eigenvalue weighted by Crippen LogP contribution is -2.33. The second-order valence-electron chi connectivity index (χ2n) is 7.95. The van der Waals surface area contributed by atoms with Crippen molar-refractivity contribution in [1.29, 1.82) is 0 Å². The molecule has 1 heterocycles. The number of halogens is 1. The Bertz CT molecular complexity index is 1190. The van der Waals surface area contributed by atoms with Crippen molar-refractivity contribution in [2.75, 3.05) is 5.75 Å². The van der Waals surface area contributed by atoms with Crippen molar-refractivity contribution in [1.82, 2.24) is 14.9 Å². The predicted molar refractivity (Wildman–Crippen MR) is 127 cm³/mol. The highest BCUT2D eigenvalue weighted by Gasteiger charge is 2.22. The van der Waals surface area contributed by atoms with Crippen LogP contribution in [0, 0.1) is 0 Å². The summed E-state index contributed by atoms with van der Waals surface area (Å²) in [5.41, 5.74) is 1.24. The number of thioether (sulfide) groups is 1. The summed E-state index contributed by atoms with van der Waals surface area (Å²) in [4.78, 5) is 42.6. The first kappa shape index (κ1) is 22.6. The highest BCUT2D eigenvalue weighted by atomic mass is 35.5. The molecule has 1 fully saturated rings. The smallest absolute Gasteiger partial charge is 0.262 e. The van der Waals surface area contributed by atoms with E-state index in [4.69, 9.17) is 11.6 Å². The van der Waals surface area contributed by atoms with Crippen molar-refractivity contribution in [2.24, 2.45) is 0 Å². The highest BCUT2D eigenvalue weighted by Crippen LogP contribution is 2.31. The number of nitrogens with zero attached hydrogens (tertiary/aromatic N) is 2. The van der Waals surface area contributed by atoms with E-state index >= 15 is 0 Å². The zero-order chi connectivity index (χ0) is 22.5. The standard InChI is InChI=1S/C24H24ClN3O3S/c25-17-11-12-19-20(14-17)26-24(28(23(19)31)18-9-5-2-6-10-18)32-15-22(30)27-21(29)13-16-7-3-1-4-8-16/h1,3-4,7-8,11-12,14,18H,2,5-6,9-10,13,15H2,(H,27,29,30). The van der Waals surface area contributed by atoms with E-state index in [-0.39, 0.29) is 29.7 Å². The van der Waals surface area contributed by atoms with Crippen LogP contribution in [0.25, 0.3) is 10.9 Å². The largest absolute Gasteiger partial charge is 0.295 e. The third kappa shape index (κ3) is 5.40. The van der Waals surface area contributed by atoms with Crippen LogP contribution in [-0.2, 0) is 16.0 Å². The van der Waals surface area contributed by atoms with E-state index in [2.05, 4.69) is 10.3 Å². The minimum Gasteiger partial charge on any atom is -0.295 e. The van der Waals surface area contributed by atoms with E-state index in [0.717, 1.165) is 37.7 Å². The number of carbonyl (C=O) groups excluding carboxylic acids is 2. The lowest BCUT2D eigenvalue weighted by molar-refractivity contribution is -0.128. The van der Waals surface area contributed by atoms with Gasteiger partial charge in [-0.1, -0.05) is 73.0 Å². The topological polar surface area (TPSA) is 81.1 Å². The summed E-state index contributed by atoms with van der Waals surface area (Å²) in [6.07, 6.45) is 5.25. The maximum absolute atomic E-state index is 13.3. The first-order chi connectivity index (χ1) is 15.5. The summed E-state index contributed by atoms with van der Waals surface area (Å²) >= 11 is 7.28. The molecule has 0 unspecified atom stereocenters. The molecule has 3 aromatic rings. The molecule has 1 aliphatic rings. The number of hydrogen-bond acceptors (Lipinski definition) is 5. The molecule has 1 N–H and O–H groups in total. The molecule has 8 heteroatoms. The number of rotatable bonds is 6. The molecular weight excluding hydrogens is 446 g/mol. The fraction of sp³-hybridized carbons (Fsp3) is 0.333. The Balaban J connectivity index is 1.52. The van der Waals surface area contributed by atoms with Gasteiger partial charge in [-0.05, 0) is 36.6 Å². The number of amides is 2. The van der Waals surface area contributed by atoms with Crippen molar-refractivity contribution in [3.8, 4) is 0 Å². The summed E-state index contributed by atoms with van der Waals surface area (Å²) < 4.78 is 1.74. The number of fused-ring (bicyclic) bond motifs is 1. The summed E-state index contributed by atoms with van der Waals surface area (Å²) in [7, 11) is 0. The third-order valence-electron chi connectivity index (χ3n) is 5.59. The fourth-order valence-electron chi connectivity index (χ4n) is 4.06. The van der Waals surface area contributed by atoms with Gasteiger partial charge in [0.1, 0.15) is 0 Å². The van der Waals surface area contributed by atoms with E-state index < -0.39 is 5.91 Å². The van der Waals surface area contributed by atoms with Gasteiger partial charge in [0.25, 0.3) is 5.56 Å². The second kappa shape index (κ2) is 10.3. The van der Waals surface area contributed by atoms with Gasteiger partial charge in [-0.15, -0.1) is 0 Å². The van der Waals surface area contributed by atoms with Crippen LogP contribution in [0.4, 0.5) is 0 Å². The van der Waals surface area contributed by atoms with Crippen LogP contribution in [0.2, 0.25) is 5.02 Å². The molecule has 166 valence electrons. The molecule has 0 spiro atoms. The molecule has 0 saturated heterocycles. The Morgan fingerprint density at radius 1 is 1.06 bits per heavy atom. The third-order valence-corrected chi connectivity index (χ3v) is 6.78. The lowest BCUT2D eigenvalue weighted by atomic mass is 9.95. The van der Waals surface area contributed by atoms with Gasteiger partial charge in [0, 0.05) is 11.1 Å². The molecule has 0 bridgehead atoms. The van der Waals surface area contributed by atoms with Gasteiger partial charge in [-0.2, -0.15) is 0 Å². The maximum Gasteiger partial charge on any atom is 0.262 e. The van der Waals surface area contributed by atoms with Gasteiger partial charge >= 0.3 is 0 Å². The summed E-state index contributed by atoms with van der Waals surface area (Å²) in [6.45, 7) is 0. The van der Waals surface area contributed by atoms with Crippen LogP contribution < -0.4 is 10.9 Å². The quantitative estimate of drug-likeness (QED) is 0.423. The molecule has 2 aromatic carbocycles. The normalized spacial score (nSPS) is 14.4. The Hall–Kier alpha value is -2.64. The van der Waals surface area contributed by atoms with Crippen LogP contribution in [-0.4, -0.2) is 27.1 Å². The molecule has 1 aromatic heterocycles. The zero-order valence-electron chi connectivity index (χ0n) is 17.6. The van der Waals surface area contributed by atoms with Crippen LogP contribution in [0.15, 0.2) is 58.5 Å². The first-order valence-corrected chi connectivity index (χ1v) is 12.1. The fourth-order valence-corrected chi connectivity index (χ4v) is 5.09. The molecule has 6 nitrogen and oxygen atoms in total. The van der Waals surface area contributed by atoms with Crippen LogP contribution in [0.1, 0.15) is 43.7 Å². The maximum atomic E-state index is 13.3. The molecule has 4 rings (SSSR count). The Morgan fingerprint density at radius 2 is 1.81 bits per heavy atom. The van der Waals surface area contributed by atoms with Crippen molar-refractivity contribution in [2.45, 2.75) is 49.7 Å². The molecule has 0 atom stereocenters. The SMILES string of the molecule is O=C(CSc1nc2cc(Cl)ccc2c(=O)n1C1CCCCC1)NC(=O)Cc1ccccc1. The summed E-state index contributed by atoms with van der Waals surface area (Å²) in [5, 5.41) is 3.93. The average molecular weight is 470 g/mol. The van der Waals surface area contributed by atoms with Crippen molar-refractivity contribution >= 4 is 46.1 Å². The molecular formula is C24H24ClN3O3S. The minimum atomic E-state index is -0.411. The first-order valence-electron chi connectivity index (χ1n) is 10.7. The van der Waals surface area contributed by atoms with Crippen molar-refractivity contribution < 1.29 is 9.59 Å². The molecule has 1 aliphatic carbocycles. The van der Waals surface area contributed by atoms with E-state index in [1.807, 2.05) is 30.3 Å². The second-order valence-corrected chi connectivity index (χ2v) is 9.32. The van der Waals surface area contributed by atoms with Gasteiger partial charge in [-0.3, -0.25) is 24.3 Å².